The molecule has 0 saturated heterocycles. The van der Waals surface area contributed by atoms with Crippen LogP contribution in [0, 0.1) is 11.3 Å². The second-order valence-corrected chi connectivity index (χ2v) is 4.53. The van der Waals surface area contributed by atoms with Crippen molar-refractivity contribution in [2.75, 3.05) is 5.32 Å². The predicted octanol–water partition coefficient (Wildman–Crippen LogP) is 3.72. The van der Waals surface area contributed by atoms with Gasteiger partial charge < -0.3 is 5.32 Å². The van der Waals surface area contributed by atoms with E-state index in [4.69, 9.17) is 5.26 Å². The number of hydrogen-bond donors (Lipinski definition) is 1. The average Bonchev–Trinajstić information content (AvgIpc) is 2.53. The topological polar surface area (TPSA) is 48.7 Å². The molecule has 0 spiro atoms. The summed E-state index contributed by atoms with van der Waals surface area (Å²) in [6.45, 7) is 0.646. The third kappa shape index (κ3) is 2.32. The molecule has 0 radical (unpaired) electrons. The number of benzene rings is 2. The highest BCUT2D eigenvalue weighted by molar-refractivity contribution is 5.84. The quantitative estimate of drug-likeness (QED) is 0.779. The summed E-state index contributed by atoms with van der Waals surface area (Å²) in [5.41, 5.74) is 2.62. The molecule has 3 heteroatoms. The summed E-state index contributed by atoms with van der Waals surface area (Å²) >= 11 is 0. The molecule has 1 heterocycles. The molecular weight excluding hydrogens is 246 g/mol. The molecule has 0 unspecified atom stereocenters. The van der Waals surface area contributed by atoms with Crippen molar-refractivity contribution >= 4 is 16.5 Å². The molecule has 0 amide bonds. The Hall–Kier alpha value is -2.86. The SMILES string of the molecule is N#Cc1ccccc1NCc1cncc2ccccc12. The number of nitriles is 1. The first-order valence-corrected chi connectivity index (χ1v) is 6.43. The summed E-state index contributed by atoms with van der Waals surface area (Å²) in [5.74, 6) is 0. The fraction of sp³-hybridized carbons (Fsp3) is 0.0588. The largest absolute Gasteiger partial charge is 0.380 e. The lowest BCUT2D eigenvalue weighted by Gasteiger charge is -2.10. The van der Waals surface area contributed by atoms with Crippen LogP contribution in [0.1, 0.15) is 11.1 Å². The monoisotopic (exact) mass is 259 g/mol. The van der Waals surface area contributed by atoms with Crippen molar-refractivity contribution in [1.29, 1.82) is 5.26 Å². The summed E-state index contributed by atoms with van der Waals surface area (Å²) in [6.07, 6.45) is 3.73. The number of para-hydroxylation sites is 1. The molecule has 2 aromatic carbocycles. The Labute approximate surface area is 117 Å². The van der Waals surface area contributed by atoms with E-state index in [9.17, 15) is 0 Å². The molecule has 3 rings (SSSR count). The van der Waals surface area contributed by atoms with E-state index >= 15 is 0 Å². The minimum atomic E-state index is 0.646. The van der Waals surface area contributed by atoms with Crippen molar-refractivity contribution in [1.82, 2.24) is 4.98 Å². The number of nitrogens with zero attached hydrogens (tertiary/aromatic N) is 2. The summed E-state index contributed by atoms with van der Waals surface area (Å²) in [7, 11) is 0. The van der Waals surface area contributed by atoms with Crippen LogP contribution in [-0.2, 0) is 6.54 Å². The van der Waals surface area contributed by atoms with E-state index < -0.39 is 0 Å². The Morgan fingerprint density at radius 2 is 1.80 bits per heavy atom. The molecule has 96 valence electrons. The van der Waals surface area contributed by atoms with Gasteiger partial charge in [0.25, 0.3) is 0 Å². The lowest BCUT2D eigenvalue weighted by atomic mass is 10.1. The number of fused-ring (bicyclic) bond motifs is 1. The highest BCUT2D eigenvalue weighted by Crippen LogP contribution is 2.19. The Bertz CT molecular complexity index is 782. The van der Waals surface area contributed by atoms with Gasteiger partial charge in [-0.25, -0.2) is 0 Å². The van der Waals surface area contributed by atoms with Crippen LogP contribution in [0.2, 0.25) is 0 Å². The predicted molar refractivity (Wildman–Crippen MR) is 80.2 cm³/mol. The zero-order chi connectivity index (χ0) is 13.8. The molecule has 0 aliphatic rings. The van der Waals surface area contributed by atoms with Gasteiger partial charge in [0, 0.05) is 24.3 Å². The van der Waals surface area contributed by atoms with Crippen LogP contribution < -0.4 is 5.32 Å². The lowest BCUT2D eigenvalue weighted by Crippen LogP contribution is -2.02. The first-order valence-electron chi connectivity index (χ1n) is 6.43. The maximum absolute atomic E-state index is 9.09. The summed E-state index contributed by atoms with van der Waals surface area (Å²) in [5, 5.41) is 14.7. The zero-order valence-corrected chi connectivity index (χ0v) is 10.9. The minimum Gasteiger partial charge on any atom is -0.380 e. The van der Waals surface area contributed by atoms with E-state index in [0.29, 0.717) is 12.1 Å². The number of anilines is 1. The van der Waals surface area contributed by atoms with E-state index in [-0.39, 0.29) is 0 Å². The molecule has 0 atom stereocenters. The minimum absolute atomic E-state index is 0.646. The van der Waals surface area contributed by atoms with Gasteiger partial charge in [0.05, 0.1) is 11.3 Å². The van der Waals surface area contributed by atoms with Gasteiger partial charge >= 0.3 is 0 Å². The lowest BCUT2D eigenvalue weighted by molar-refractivity contribution is 1.13. The normalized spacial score (nSPS) is 10.2. The van der Waals surface area contributed by atoms with Crippen molar-refractivity contribution in [3.63, 3.8) is 0 Å². The van der Waals surface area contributed by atoms with E-state index in [2.05, 4.69) is 28.5 Å². The first-order chi connectivity index (χ1) is 9.88. The Balaban J connectivity index is 1.89. The molecule has 0 aliphatic carbocycles. The van der Waals surface area contributed by atoms with Crippen LogP contribution in [0.5, 0.6) is 0 Å². The molecule has 20 heavy (non-hydrogen) atoms. The van der Waals surface area contributed by atoms with Crippen LogP contribution >= 0.6 is 0 Å². The van der Waals surface area contributed by atoms with Gasteiger partial charge in [0.2, 0.25) is 0 Å². The van der Waals surface area contributed by atoms with Gasteiger partial charge in [-0.2, -0.15) is 5.26 Å². The Kier molecular flexibility index (Phi) is 3.30. The summed E-state index contributed by atoms with van der Waals surface area (Å²) in [4.78, 5) is 4.26. The summed E-state index contributed by atoms with van der Waals surface area (Å²) < 4.78 is 0. The van der Waals surface area contributed by atoms with Crippen LogP contribution in [-0.4, -0.2) is 4.98 Å². The van der Waals surface area contributed by atoms with Gasteiger partial charge in [0.1, 0.15) is 6.07 Å². The van der Waals surface area contributed by atoms with E-state index in [1.54, 1.807) is 0 Å². The van der Waals surface area contributed by atoms with Gasteiger partial charge in [-0.3, -0.25) is 4.98 Å². The standard InChI is InChI=1S/C17H13N3/c18-9-13-5-2-4-8-17(13)20-12-15-11-19-10-14-6-1-3-7-16(14)15/h1-8,10-11,20H,12H2. The zero-order valence-electron chi connectivity index (χ0n) is 10.9. The van der Waals surface area contributed by atoms with Crippen LogP contribution in [0.3, 0.4) is 0 Å². The van der Waals surface area contributed by atoms with Crippen molar-refractivity contribution in [2.24, 2.45) is 0 Å². The van der Waals surface area contributed by atoms with Crippen LogP contribution in [0.25, 0.3) is 10.8 Å². The number of aromatic nitrogens is 1. The number of rotatable bonds is 3. The molecule has 1 N–H and O–H groups in total. The van der Waals surface area contributed by atoms with Crippen LogP contribution in [0.15, 0.2) is 60.9 Å². The maximum Gasteiger partial charge on any atom is 0.101 e. The highest BCUT2D eigenvalue weighted by atomic mass is 14.9. The molecule has 3 nitrogen and oxygen atoms in total. The Morgan fingerprint density at radius 1 is 1.00 bits per heavy atom. The van der Waals surface area contributed by atoms with Crippen molar-refractivity contribution < 1.29 is 0 Å². The number of nitrogens with one attached hydrogen (secondary N) is 1. The molecule has 0 aliphatic heterocycles. The molecule has 0 fully saturated rings. The molecular formula is C17H13N3. The molecule has 0 bridgehead atoms. The van der Waals surface area contributed by atoms with Gasteiger partial charge in [0.15, 0.2) is 0 Å². The van der Waals surface area contributed by atoms with Crippen molar-refractivity contribution in [3.05, 3.63) is 72.1 Å². The Morgan fingerprint density at radius 3 is 2.70 bits per heavy atom. The van der Waals surface area contributed by atoms with Crippen LogP contribution in [0.4, 0.5) is 5.69 Å². The average molecular weight is 259 g/mol. The summed E-state index contributed by atoms with van der Waals surface area (Å²) in [6, 6.07) is 17.9. The van der Waals surface area contributed by atoms with Gasteiger partial charge in [-0.15, -0.1) is 0 Å². The van der Waals surface area contributed by atoms with E-state index in [1.807, 2.05) is 48.8 Å². The number of pyridine rings is 1. The molecule has 3 aromatic rings. The molecule has 1 aromatic heterocycles. The second-order valence-electron chi connectivity index (χ2n) is 4.53. The fourth-order valence-corrected chi connectivity index (χ4v) is 2.25. The molecule has 0 saturated carbocycles. The smallest absolute Gasteiger partial charge is 0.101 e. The highest BCUT2D eigenvalue weighted by Gasteiger charge is 2.03. The van der Waals surface area contributed by atoms with E-state index in [0.717, 1.165) is 16.6 Å². The van der Waals surface area contributed by atoms with Crippen molar-refractivity contribution in [2.45, 2.75) is 6.54 Å². The maximum atomic E-state index is 9.09. The third-order valence-electron chi connectivity index (χ3n) is 3.27. The van der Waals surface area contributed by atoms with Crippen molar-refractivity contribution in [3.8, 4) is 6.07 Å². The van der Waals surface area contributed by atoms with Gasteiger partial charge in [-0.05, 0) is 23.1 Å². The first kappa shape index (κ1) is 12.2. The van der Waals surface area contributed by atoms with E-state index in [1.165, 1.54) is 5.39 Å². The third-order valence-corrected chi connectivity index (χ3v) is 3.27. The second kappa shape index (κ2) is 5.41. The number of hydrogen-bond acceptors (Lipinski definition) is 3. The van der Waals surface area contributed by atoms with Gasteiger partial charge in [-0.1, -0.05) is 36.4 Å². The fourth-order valence-electron chi connectivity index (χ4n) is 2.25.